The van der Waals surface area contributed by atoms with Crippen LogP contribution in [0.15, 0.2) is 18.2 Å². The lowest BCUT2D eigenvalue weighted by atomic mass is 9.94. The third-order valence-corrected chi connectivity index (χ3v) is 4.07. The number of hydrogen-bond donors (Lipinski definition) is 0. The first kappa shape index (κ1) is 17.0. The van der Waals surface area contributed by atoms with Crippen LogP contribution in [0.3, 0.4) is 0 Å². The van der Waals surface area contributed by atoms with Crippen molar-refractivity contribution in [1.82, 2.24) is 4.90 Å². The number of nitriles is 1. The monoisotopic (exact) mass is 313 g/mol. The Hall–Kier alpha value is -2.35. The molecule has 1 aliphatic rings. The molecule has 0 atom stereocenters. The van der Waals surface area contributed by atoms with Crippen LogP contribution in [0.5, 0.6) is 0 Å². The van der Waals surface area contributed by atoms with Crippen LogP contribution < -0.4 is 4.90 Å². The van der Waals surface area contributed by atoms with E-state index in [-0.39, 0.29) is 17.1 Å². The highest BCUT2D eigenvalue weighted by atomic mass is 16.2. The average molecular weight is 313 g/mol. The molecule has 5 nitrogen and oxygen atoms in total. The number of ketones is 1. The fourth-order valence-corrected chi connectivity index (χ4v) is 2.73. The van der Waals surface area contributed by atoms with Gasteiger partial charge in [0.15, 0.2) is 5.78 Å². The first-order valence-corrected chi connectivity index (χ1v) is 7.83. The third kappa shape index (κ3) is 3.70. The molecule has 0 unspecified atom stereocenters. The number of piperazine rings is 1. The molecule has 5 heteroatoms. The predicted octanol–water partition coefficient (Wildman–Crippen LogP) is 2.46. The molecule has 0 aromatic heterocycles. The Labute approximate surface area is 137 Å². The summed E-state index contributed by atoms with van der Waals surface area (Å²) in [5, 5.41) is 9.30. The summed E-state index contributed by atoms with van der Waals surface area (Å²) in [7, 11) is 0. The molecule has 1 heterocycles. The summed E-state index contributed by atoms with van der Waals surface area (Å²) in [4.78, 5) is 27.9. The summed E-state index contributed by atoms with van der Waals surface area (Å²) in [6, 6.07) is 7.34. The average Bonchev–Trinajstić information content (AvgIpc) is 2.52. The quantitative estimate of drug-likeness (QED) is 0.787. The van der Waals surface area contributed by atoms with Crippen molar-refractivity contribution in [3.8, 4) is 6.07 Å². The lowest BCUT2D eigenvalue weighted by molar-refractivity contribution is -0.139. The molecule has 0 spiro atoms. The van der Waals surface area contributed by atoms with E-state index in [4.69, 9.17) is 0 Å². The summed E-state index contributed by atoms with van der Waals surface area (Å²) in [6.07, 6.45) is 0. The van der Waals surface area contributed by atoms with Gasteiger partial charge in [0, 0.05) is 37.2 Å². The molecule has 0 bridgehead atoms. The zero-order chi connectivity index (χ0) is 17.2. The maximum Gasteiger partial charge on any atom is 0.228 e. The van der Waals surface area contributed by atoms with E-state index in [1.165, 1.54) is 6.92 Å². The van der Waals surface area contributed by atoms with Crippen molar-refractivity contribution in [1.29, 1.82) is 5.26 Å². The number of carbonyl (C=O) groups excluding carboxylic acids is 2. The van der Waals surface area contributed by atoms with E-state index in [1.807, 2.05) is 25.7 Å². The minimum atomic E-state index is -0.380. The number of anilines is 1. The number of amides is 1. The van der Waals surface area contributed by atoms with E-state index in [2.05, 4.69) is 11.0 Å². The molecule has 1 saturated heterocycles. The summed E-state index contributed by atoms with van der Waals surface area (Å²) in [6.45, 7) is 9.88. The second kappa shape index (κ2) is 6.41. The Morgan fingerprint density at radius 3 is 2.22 bits per heavy atom. The maximum absolute atomic E-state index is 12.3. The smallest absolute Gasteiger partial charge is 0.228 e. The van der Waals surface area contributed by atoms with Gasteiger partial charge >= 0.3 is 0 Å². The topological polar surface area (TPSA) is 64.4 Å². The van der Waals surface area contributed by atoms with Crippen molar-refractivity contribution in [2.24, 2.45) is 5.41 Å². The Balaban J connectivity index is 2.17. The zero-order valence-electron chi connectivity index (χ0n) is 14.2. The highest BCUT2D eigenvalue weighted by molar-refractivity contribution is 5.95. The van der Waals surface area contributed by atoms with Gasteiger partial charge in [0.25, 0.3) is 0 Å². The van der Waals surface area contributed by atoms with Gasteiger partial charge in [-0.1, -0.05) is 20.8 Å². The van der Waals surface area contributed by atoms with Gasteiger partial charge in [0.05, 0.1) is 11.3 Å². The molecule has 23 heavy (non-hydrogen) atoms. The molecule has 2 rings (SSSR count). The first-order valence-electron chi connectivity index (χ1n) is 7.83. The number of Topliss-reactive ketones (excluding diaryl/α,β-unsaturated/α-hetero) is 1. The molecule has 0 radical (unpaired) electrons. The second-order valence-electron chi connectivity index (χ2n) is 6.93. The Morgan fingerprint density at radius 1 is 1.13 bits per heavy atom. The van der Waals surface area contributed by atoms with Crippen molar-refractivity contribution in [2.45, 2.75) is 27.7 Å². The standard InChI is InChI=1S/C18H23N3O2/c1-13(22)14-5-6-15(12-19)16(11-14)20-7-9-21(10-8-20)17(23)18(2,3)4/h5-6,11H,7-10H2,1-4H3. The van der Waals surface area contributed by atoms with Crippen molar-refractivity contribution in [2.75, 3.05) is 31.1 Å². The summed E-state index contributed by atoms with van der Waals surface area (Å²) in [5.41, 5.74) is 1.56. The van der Waals surface area contributed by atoms with Gasteiger partial charge in [0.2, 0.25) is 5.91 Å². The predicted molar refractivity (Wildman–Crippen MR) is 89.4 cm³/mol. The summed E-state index contributed by atoms with van der Waals surface area (Å²) in [5.74, 6) is 0.132. The molecule has 1 fully saturated rings. The van der Waals surface area contributed by atoms with Gasteiger partial charge in [-0.25, -0.2) is 0 Å². The van der Waals surface area contributed by atoms with Crippen LogP contribution in [0, 0.1) is 16.7 Å². The van der Waals surface area contributed by atoms with Crippen LogP contribution in [0.2, 0.25) is 0 Å². The Bertz CT molecular complexity index is 660. The van der Waals surface area contributed by atoms with Crippen LogP contribution in [-0.2, 0) is 4.79 Å². The van der Waals surface area contributed by atoms with E-state index in [1.54, 1.807) is 18.2 Å². The van der Waals surface area contributed by atoms with Crippen molar-refractivity contribution in [3.63, 3.8) is 0 Å². The Morgan fingerprint density at radius 2 is 1.74 bits per heavy atom. The van der Waals surface area contributed by atoms with Gasteiger partial charge in [-0.2, -0.15) is 5.26 Å². The number of rotatable bonds is 2. The van der Waals surface area contributed by atoms with Crippen LogP contribution in [0.4, 0.5) is 5.69 Å². The molecular weight excluding hydrogens is 290 g/mol. The van der Waals surface area contributed by atoms with E-state index >= 15 is 0 Å². The fourth-order valence-electron chi connectivity index (χ4n) is 2.73. The Kier molecular flexibility index (Phi) is 4.74. The molecule has 1 aromatic carbocycles. The van der Waals surface area contributed by atoms with E-state index < -0.39 is 0 Å². The van der Waals surface area contributed by atoms with Crippen molar-refractivity contribution in [3.05, 3.63) is 29.3 Å². The van der Waals surface area contributed by atoms with Gasteiger partial charge in [-0.3, -0.25) is 9.59 Å². The second-order valence-corrected chi connectivity index (χ2v) is 6.93. The van der Waals surface area contributed by atoms with E-state index in [0.29, 0.717) is 37.3 Å². The van der Waals surface area contributed by atoms with Crippen molar-refractivity contribution < 1.29 is 9.59 Å². The lowest BCUT2D eigenvalue weighted by Gasteiger charge is -2.39. The largest absolute Gasteiger partial charge is 0.367 e. The number of carbonyl (C=O) groups is 2. The number of nitrogens with zero attached hydrogens (tertiary/aromatic N) is 3. The number of benzene rings is 1. The first-order chi connectivity index (χ1) is 10.7. The summed E-state index contributed by atoms with van der Waals surface area (Å²) >= 11 is 0. The summed E-state index contributed by atoms with van der Waals surface area (Å²) < 4.78 is 0. The third-order valence-electron chi connectivity index (χ3n) is 4.07. The van der Waals surface area contributed by atoms with E-state index in [0.717, 1.165) is 5.69 Å². The zero-order valence-corrected chi connectivity index (χ0v) is 14.2. The molecule has 0 N–H and O–H groups in total. The molecule has 1 aliphatic heterocycles. The minimum Gasteiger partial charge on any atom is -0.367 e. The SMILES string of the molecule is CC(=O)c1ccc(C#N)c(N2CCN(C(=O)C(C)(C)C)CC2)c1. The fraction of sp³-hybridized carbons (Fsp3) is 0.500. The van der Waals surface area contributed by atoms with Crippen LogP contribution >= 0.6 is 0 Å². The van der Waals surface area contributed by atoms with Crippen LogP contribution in [0.1, 0.15) is 43.6 Å². The van der Waals surface area contributed by atoms with Crippen LogP contribution in [0.25, 0.3) is 0 Å². The highest BCUT2D eigenvalue weighted by Gasteiger charge is 2.30. The number of hydrogen-bond acceptors (Lipinski definition) is 4. The molecule has 0 saturated carbocycles. The van der Waals surface area contributed by atoms with Gasteiger partial charge in [0.1, 0.15) is 6.07 Å². The molecular formula is C18H23N3O2. The minimum absolute atomic E-state index is 0.0164. The molecule has 122 valence electrons. The van der Waals surface area contributed by atoms with E-state index in [9.17, 15) is 14.9 Å². The van der Waals surface area contributed by atoms with Crippen LogP contribution in [-0.4, -0.2) is 42.8 Å². The van der Waals surface area contributed by atoms with Gasteiger partial charge in [-0.15, -0.1) is 0 Å². The highest BCUT2D eigenvalue weighted by Crippen LogP contribution is 2.25. The van der Waals surface area contributed by atoms with Gasteiger partial charge in [-0.05, 0) is 25.1 Å². The maximum atomic E-state index is 12.3. The lowest BCUT2D eigenvalue weighted by Crippen LogP contribution is -2.51. The van der Waals surface area contributed by atoms with Crippen molar-refractivity contribution >= 4 is 17.4 Å². The normalized spacial score (nSPS) is 15.3. The molecule has 1 aromatic rings. The van der Waals surface area contributed by atoms with Gasteiger partial charge < -0.3 is 9.80 Å². The molecule has 1 amide bonds. The molecule has 0 aliphatic carbocycles.